The summed E-state index contributed by atoms with van der Waals surface area (Å²) < 4.78 is 13.9. The van der Waals surface area contributed by atoms with Gasteiger partial charge in [0.25, 0.3) is 0 Å². The molecular weight excluding hydrogens is 751 g/mol. The lowest BCUT2D eigenvalue weighted by atomic mass is 9.42. The van der Waals surface area contributed by atoms with Crippen LogP contribution in [0.2, 0.25) is 0 Å². The Hall–Kier alpha value is -5.85. The molecule has 0 unspecified atom stereocenters. The van der Waals surface area contributed by atoms with E-state index in [2.05, 4.69) is 180 Å². The van der Waals surface area contributed by atoms with E-state index >= 15 is 0 Å². The number of fused-ring (bicyclic) bond motifs is 13. The summed E-state index contributed by atoms with van der Waals surface area (Å²) in [5.74, 6) is 1.84. The molecule has 1 aliphatic carbocycles. The number of hydrogen-bond acceptors (Lipinski definition) is 5. The van der Waals surface area contributed by atoms with E-state index in [0.29, 0.717) is 0 Å². The van der Waals surface area contributed by atoms with Gasteiger partial charge in [0, 0.05) is 77.6 Å². The maximum Gasteiger partial charge on any atom is 0.333 e. The van der Waals surface area contributed by atoms with Crippen LogP contribution < -0.4 is 25.4 Å². The first-order chi connectivity index (χ1) is 28.9. The fraction of sp³-hybridized carbons (Fsp3) is 0.222. The fourth-order valence-corrected chi connectivity index (χ4v) is 12.7. The Bertz CT molecular complexity index is 3250. The number of para-hydroxylation sites is 4. The maximum atomic E-state index is 6.98. The average Bonchev–Trinajstić information content (AvgIpc) is 3.61. The van der Waals surface area contributed by atoms with E-state index in [1.807, 2.05) is 11.8 Å². The molecule has 0 N–H and O–H groups in total. The van der Waals surface area contributed by atoms with Gasteiger partial charge in [-0.2, -0.15) is 0 Å². The van der Waals surface area contributed by atoms with Crippen molar-refractivity contribution in [3.05, 3.63) is 149 Å². The van der Waals surface area contributed by atoms with E-state index in [0.717, 1.165) is 45.8 Å². The molecule has 7 aromatic carbocycles. The van der Waals surface area contributed by atoms with Gasteiger partial charge >= 0.3 is 6.85 Å². The monoisotopic (exact) mass is 796 g/mol. The molecule has 0 atom stereocenters. The van der Waals surface area contributed by atoms with E-state index in [1.165, 1.54) is 88.5 Å². The molecular formula is C54H45BN2O2S. The molecule has 8 aromatic rings. The quantitative estimate of drug-likeness (QED) is 0.154. The summed E-state index contributed by atoms with van der Waals surface area (Å²) in [6.07, 6.45) is 2.32. The molecule has 0 saturated heterocycles. The van der Waals surface area contributed by atoms with Crippen LogP contribution in [0.5, 0.6) is 11.5 Å². The number of furan rings is 1. The van der Waals surface area contributed by atoms with Gasteiger partial charge < -0.3 is 18.9 Å². The van der Waals surface area contributed by atoms with Gasteiger partial charge in [-0.15, -0.1) is 0 Å². The number of hydrogen-bond donors (Lipinski definition) is 0. The normalized spacial score (nSPS) is 17.8. The molecule has 0 radical (unpaired) electrons. The van der Waals surface area contributed by atoms with Gasteiger partial charge in [0.05, 0.1) is 5.69 Å². The van der Waals surface area contributed by atoms with Crippen LogP contribution >= 0.6 is 11.8 Å². The molecule has 0 spiro atoms. The lowest BCUT2D eigenvalue weighted by molar-refractivity contribution is 0.332. The van der Waals surface area contributed by atoms with Gasteiger partial charge in [-0.3, -0.25) is 0 Å². The first-order valence-corrected chi connectivity index (χ1v) is 22.3. The summed E-state index contributed by atoms with van der Waals surface area (Å²) in [5, 5.41) is 2.34. The van der Waals surface area contributed by atoms with Crippen molar-refractivity contribution in [1.82, 2.24) is 0 Å². The van der Waals surface area contributed by atoms with Crippen molar-refractivity contribution in [2.75, 3.05) is 9.71 Å². The Morgan fingerprint density at radius 1 is 0.600 bits per heavy atom. The molecule has 60 heavy (non-hydrogen) atoms. The Labute approximate surface area is 356 Å². The third kappa shape index (κ3) is 4.40. The number of benzene rings is 7. The van der Waals surface area contributed by atoms with Gasteiger partial charge in [0.15, 0.2) is 0 Å². The third-order valence-corrected chi connectivity index (χ3v) is 16.0. The predicted molar refractivity (Wildman–Crippen MR) is 250 cm³/mol. The SMILES string of the molecule is Cc1cc2c(cc1N1c3cc4c(cc3B3c5c1cc1oc6ccccc6c1c5-c1cccc5c1N3c1ccccc1S5)C(C)(C)c1ccccc1O4)C(C)(C)CCC2(C)C. The van der Waals surface area contributed by atoms with Crippen LogP contribution in [-0.4, -0.2) is 6.85 Å². The number of nitrogens with zero attached hydrogens (tertiary/aromatic N) is 2. The topological polar surface area (TPSA) is 28.9 Å². The minimum Gasteiger partial charge on any atom is -0.457 e. The predicted octanol–water partition coefficient (Wildman–Crippen LogP) is 13.8. The second kappa shape index (κ2) is 11.5. The van der Waals surface area contributed by atoms with Gasteiger partial charge in [-0.05, 0) is 100 Å². The summed E-state index contributed by atoms with van der Waals surface area (Å²) >= 11 is 1.88. The Balaban J connectivity index is 1.21. The standard InChI is InChI=1S/C54H45BN2O2S/c1-30-25-34-35(53(4,5)24-23-52(34,2)3)27-39(30)56-40-28-44-36(54(6,7)33-17-9-12-20-43(33)59-44)26-37(40)55-50-41(56)29-45-48(31-15-8-11-19-42(31)58-45)49(50)32-16-14-22-47-51(32)57(55)38-18-10-13-21-46(38)60-47/h8-22,25-29H,23-24H2,1-7H3. The Kier molecular flexibility index (Phi) is 6.70. The van der Waals surface area contributed by atoms with E-state index in [-0.39, 0.29) is 23.1 Å². The molecule has 4 nitrogen and oxygen atoms in total. The van der Waals surface area contributed by atoms with Crippen molar-refractivity contribution in [3.8, 4) is 22.6 Å². The smallest absolute Gasteiger partial charge is 0.333 e. The van der Waals surface area contributed by atoms with Gasteiger partial charge in [-0.25, -0.2) is 0 Å². The molecule has 0 fully saturated rings. The van der Waals surface area contributed by atoms with Crippen LogP contribution in [-0.2, 0) is 16.2 Å². The molecule has 6 heteroatoms. The molecule has 0 amide bonds. The molecule has 5 heterocycles. The fourth-order valence-electron chi connectivity index (χ4n) is 11.6. The first kappa shape index (κ1) is 35.0. The zero-order chi connectivity index (χ0) is 40.6. The summed E-state index contributed by atoms with van der Waals surface area (Å²) in [6.45, 7) is 16.6. The van der Waals surface area contributed by atoms with E-state index in [9.17, 15) is 0 Å². The first-order valence-electron chi connectivity index (χ1n) is 21.5. The highest BCUT2D eigenvalue weighted by Gasteiger charge is 2.50. The Morgan fingerprint density at radius 2 is 1.33 bits per heavy atom. The van der Waals surface area contributed by atoms with Crippen LogP contribution in [0.1, 0.15) is 82.2 Å². The average molecular weight is 797 g/mol. The second-order valence-corrected chi connectivity index (χ2v) is 20.7. The lowest BCUT2D eigenvalue weighted by Gasteiger charge is -2.49. The zero-order valence-electron chi connectivity index (χ0n) is 35.2. The van der Waals surface area contributed by atoms with Crippen molar-refractivity contribution in [3.63, 3.8) is 0 Å². The van der Waals surface area contributed by atoms with Crippen LogP contribution in [0.15, 0.2) is 136 Å². The maximum absolute atomic E-state index is 6.98. The number of aryl methyl sites for hydroxylation is 1. The third-order valence-electron chi connectivity index (χ3n) is 14.8. The minimum atomic E-state index is -0.289. The van der Waals surface area contributed by atoms with Crippen molar-refractivity contribution in [2.24, 2.45) is 0 Å². The number of anilines is 5. The summed E-state index contributed by atoms with van der Waals surface area (Å²) in [4.78, 5) is 7.81. The molecule has 0 bridgehead atoms. The van der Waals surface area contributed by atoms with Crippen LogP contribution in [0.4, 0.5) is 28.4 Å². The number of rotatable bonds is 1. The van der Waals surface area contributed by atoms with Crippen LogP contribution in [0.3, 0.4) is 0 Å². The van der Waals surface area contributed by atoms with Crippen molar-refractivity contribution >= 4 is 79.9 Å². The summed E-state index contributed by atoms with van der Waals surface area (Å²) in [7, 11) is 0. The van der Waals surface area contributed by atoms with Crippen LogP contribution in [0, 0.1) is 6.92 Å². The van der Waals surface area contributed by atoms with Crippen molar-refractivity contribution in [2.45, 2.75) is 87.3 Å². The van der Waals surface area contributed by atoms with Crippen molar-refractivity contribution < 1.29 is 9.15 Å². The molecule has 1 aromatic heterocycles. The van der Waals surface area contributed by atoms with E-state index in [4.69, 9.17) is 9.15 Å². The summed E-state index contributed by atoms with van der Waals surface area (Å²) in [6, 6.07) is 45.4. The highest BCUT2D eigenvalue weighted by Crippen LogP contribution is 2.59. The Morgan fingerprint density at radius 3 is 2.18 bits per heavy atom. The summed E-state index contributed by atoms with van der Waals surface area (Å²) in [5.41, 5.74) is 19.4. The largest absolute Gasteiger partial charge is 0.457 e. The zero-order valence-corrected chi connectivity index (χ0v) is 36.0. The van der Waals surface area contributed by atoms with Gasteiger partial charge in [-0.1, -0.05) is 126 Å². The molecule has 0 saturated carbocycles. The van der Waals surface area contributed by atoms with Crippen molar-refractivity contribution in [1.29, 1.82) is 0 Å². The minimum absolute atomic E-state index is 0.0355. The highest BCUT2D eigenvalue weighted by atomic mass is 32.2. The molecule has 13 rings (SSSR count). The second-order valence-electron chi connectivity index (χ2n) is 19.6. The van der Waals surface area contributed by atoms with E-state index in [1.54, 1.807) is 0 Å². The van der Waals surface area contributed by atoms with Gasteiger partial charge in [0.1, 0.15) is 22.7 Å². The molecule has 292 valence electrons. The lowest BCUT2D eigenvalue weighted by Crippen LogP contribution is -2.62. The van der Waals surface area contributed by atoms with Gasteiger partial charge in [0.2, 0.25) is 0 Å². The van der Waals surface area contributed by atoms with E-state index < -0.39 is 0 Å². The molecule has 4 aliphatic heterocycles. The van der Waals surface area contributed by atoms with Crippen LogP contribution in [0.25, 0.3) is 33.1 Å². The molecule has 5 aliphatic rings. The number of ether oxygens (including phenoxy) is 1. The highest BCUT2D eigenvalue weighted by molar-refractivity contribution is 7.99.